The molecule has 0 heterocycles. The number of aryl methyl sites for hydroxylation is 1. The second-order valence-corrected chi connectivity index (χ2v) is 3.96. The molecule has 2 aromatic rings. The number of hydrogen-bond acceptors (Lipinski definition) is 2. The highest BCUT2D eigenvalue weighted by atomic mass is 14.7. The third-order valence-corrected chi connectivity index (χ3v) is 2.74. The van der Waals surface area contributed by atoms with Crippen LogP contribution in [0.3, 0.4) is 0 Å². The van der Waals surface area contributed by atoms with E-state index in [1.54, 1.807) is 0 Å². The van der Waals surface area contributed by atoms with E-state index in [4.69, 9.17) is 0 Å². The molecule has 0 aromatic heterocycles. The maximum Gasteiger partial charge on any atom is 0.148 e. The molecule has 88 valence electrons. The number of para-hydroxylation sites is 1. The van der Waals surface area contributed by atoms with Crippen LogP contribution >= 0.6 is 0 Å². The predicted molar refractivity (Wildman–Crippen MR) is 74.1 cm³/mol. The number of hydrogen-bond donors (Lipinski definition) is 0. The van der Waals surface area contributed by atoms with E-state index in [-0.39, 0.29) is 0 Å². The SMILES string of the molecule is CCc1ccc(C(C#N)=Nc2ccccc2)cc1. The average Bonchev–Trinajstić information content (AvgIpc) is 2.46. The molecule has 0 bridgehead atoms. The van der Waals surface area contributed by atoms with E-state index in [1.165, 1.54) is 5.56 Å². The number of nitriles is 1. The first kappa shape index (κ1) is 12.1. The topological polar surface area (TPSA) is 36.1 Å². The van der Waals surface area contributed by atoms with Gasteiger partial charge in [-0.1, -0.05) is 49.4 Å². The fourth-order valence-electron chi connectivity index (χ4n) is 1.68. The highest BCUT2D eigenvalue weighted by molar-refractivity contribution is 6.12. The Morgan fingerprint density at radius 1 is 1.06 bits per heavy atom. The molecule has 0 saturated heterocycles. The molecule has 0 saturated carbocycles. The summed E-state index contributed by atoms with van der Waals surface area (Å²) in [5.74, 6) is 0. The summed E-state index contributed by atoms with van der Waals surface area (Å²) in [6.45, 7) is 2.11. The smallest absolute Gasteiger partial charge is 0.148 e. The third kappa shape index (κ3) is 2.83. The summed E-state index contributed by atoms with van der Waals surface area (Å²) in [4.78, 5) is 4.36. The minimum Gasteiger partial charge on any atom is -0.237 e. The highest BCUT2D eigenvalue weighted by Gasteiger charge is 2.02. The molecule has 0 aliphatic heterocycles. The highest BCUT2D eigenvalue weighted by Crippen LogP contribution is 2.13. The maximum atomic E-state index is 9.19. The fourth-order valence-corrected chi connectivity index (χ4v) is 1.68. The standard InChI is InChI=1S/C16H14N2/c1-2-13-8-10-14(11-9-13)16(12-17)18-15-6-4-3-5-7-15/h3-11H,2H2,1H3. The van der Waals surface area contributed by atoms with Crippen molar-refractivity contribution in [2.45, 2.75) is 13.3 Å². The van der Waals surface area contributed by atoms with Crippen molar-refractivity contribution in [3.05, 3.63) is 65.7 Å². The average molecular weight is 234 g/mol. The Bertz CT molecular complexity index is 575. The van der Waals surface area contributed by atoms with Crippen LogP contribution in [0.1, 0.15) is 18.1 Å². The molecule has 0 aliphatic carbocycles. The minimum absolute atomic E-state index is 0.448. The zero-order valence-corrected chi connectivity index (χ0v) is 10.3. The second-order valence-electron chi connectivity index (χ2n) is 3.96. The number of nitrogens with zero attached hydrogens (tertiary/aromatic N) is 2. The Morgan fingerprint density at radius 2 is 1.72 bits per heavy atom. The zero-order valence-electron chi connectivity index (χ0n) is 10.3. The predicted octanol–water partition coefficient (Wildman–Crippen LogP) is 3.89. The maximum absolute atomic E-state index is 9.19. The molecule has 0 radical (unpaired) electrons. The molecule has 0 unspecified atom stereocenters. The van der Waals surface area contributed by atoms with Gasteiger partial charge < -0.3 is 0 Å². The lowest BCUT2D eigenvalue weighted by Gasteiger charge is -2.01. The largest absolute Gasteiger partial charge is 0.237 e. The van der Waals surface area contributed by atoms with Crippen molar-refractivity contribution in [3.63, 3.8) is 0 Å². The summed E-state index contributed by atoms with van der Waals surface area (Å²) >= 11 is 0. The van der Waals surface area contributed by atoms with Gasteiger partial charge in [0.1, 0.15) is 11.8 Å². The van der Waals surface area contributed by atoms with E-state index >= 15 is 0 Å². The molecule has 0 aliphatic rings. The van der Waals surface area contributed by atoms with E-state index < -0.39 is 0 Å². The lowest BCUT2D eigenvalue weighted by Crippen LogP contribution is -1.96. The molecule has 0 fully saturated rings. The van der Waals surface area contributed by atoms with Crippen LogP contribution in [0.25, 0.3) is 0 Å². The molecule has 0 N–H and O–H groups in total. The summed E-state index contributed by atoms with van der Waals surface area (Å²) in [5, 5.41) is 9.19. The van der Waals surface area contributed by atoms with Gasteiger partial charge in [0.25, 0.3) is 0 Å². The van der Waals surface area contributed by atoms with Crippen LogP contribution in [-0.4, -0.2) is 5.71 Å². The monoisotopic (exact) mass is 234 g/mol. The second kappa shape index (κ2) is 5.79. The number of aliphatic imine (C=N–C) groups is 1. The number of benzene rings is 2. The summed E-state index contributed by atoms with van der Waals surface area (Å²) < 4.78 is 0. The van der Waals surface area contributed by atoms with Crippen molar-refractivity contribution in [3.8, 4) is 6.07 Å². The molecule has 2 nitrogen and oxygen atoms in total. The van der Waals surface area contributed by atoms with Crippen LogP contribution in [0.5, 0.6) is 0 Å². The lowest BCUT2D eigenvalue weighted by atomic mass is 10.1. The molecule has 2 aromatic carbocycles. The first-order valence-corrected chi connectivity index (χ1v) is 5.96. The van der Waals surface area contributed by atoms with Gasteiger partial charge in [0.05, 0.1) is 5.69 Å². The first-order chi connectivity index (χ1) is 8.83. The van der Waals surface area contributed by atoms with Crippen molar-refractivity contribution in [2.24, 2.45) is 4.99 Å². The first-order valence-electron chi connectivity index (χ1n) is 5.96. The van der Waals surface area contributed by atoms with Crippen LogP contribution in [0.15, 0.2) is 59.6 Å². The summed E-state index contributed by atoms with van der Waals surface area (Å²) in [5.41, 5.74) is 3.37. The fraction of sp³-hybridized carbons (Fsp3) is 0.125. The Hall–Kier alpha value is -2.40. The van der Waals surface area contributed by atoms with Crippen molar-refractivity contribution in [2.75, 3.05) is 0 Å². The van der Waals surface area contributed by atoms with Crippen molar-refractivity contribution >= 4 is 11.4 Å². The lowest BCUT2D eigenvalue weighted by molar-refractivity contribution is 1.14. The van der Waals surface area contributed by atoms with Gasteiger partial charge in [-0.25, -0.2) is 4.99 Å². The van der Waals surface area contributed by atoms with Gasteiger partial charge >= 0.3 is 0 Å². The van der Waals surface area contributed by atoms with Crippen LogP contribution in [0.4, 0.5) is 5.69 Å². The van der Waals surface area contributed by atoms with Crippen LogP contribution in [0, 0.1) is 11.3 Å². The summed E-state index contributed by atoms with van der Waals surface area (Å²) in [6, 6.07) is 19.6. The van der Waals surface area contributed by atoms with Crippen LogP contribution < -0.4 is 0 Å². The number of rotatable bonds is 3. The molecular weight excluding hydrogens is 220 g/mol. The Labute approximate surface area is 107 Å². The molecule has 0 amide bonds. The molecular formula is C16H14N2. The molecule has 2 rings (SSSR count). The minimum atomic E-state index is 0.448. The van der Waals surface area contributed by atoms with Gasteiger partial charge in [0.15, 0.2) is 0 Å². The van der Waals surface area contributed by atoms with Crippen molar-refractivity contribution in [1.82, 2.24) is 0 Å². The van der Waals surface area contributed by atoms with E-state index in [1.807, 2.05) is 54.6 Å². The van der Waals surface area contributed by atoms with E-state index in [0.717, 1.165) is 17.7 Å². The normalized spacial score (nSPS) is 11.0. The van der Waals surface area contributed by atoms with Gasteiger partial charge in [-0.3, -0.25) is 0 Å². The molecule has 0 atom stereocenters. The Morgan fingerprint density at radius 3 is 2.28 bits per heavy atom. The van der Waals surface area contributed by atoms with Crippen molar-refractivity contribution < 1.29 is 0 Å². The van der Waals surface area contributed by atoms with Gasteiger partial charge in [-0.05, 0) is 24.1 Å². The van der Waals surface area contributed by atoms with Gasteiger partial charge in [0.2, 0.25) is 0 Å². The van der Waals surface area contributed by atoms with Gasteiger partial charge in [0, 0.05) is 5.56 Å². The Kier molecular flexibility index (Phi) is 3.88. The van der Waals surface area contributed by atoms with Gasteiger partial charge in [-0.2, -0.15) is 5.26 Å². The van der Waals surface area contributed by atoms with Crippen LogP contribution in [-0.2, 0) is 6.42 Å². The zero-order chi connectivity index (χ0) is 12.8. The van der Waals surface area contributed by atoms with Crippen LogP contribution in [0.2, 0.25) is 0 Å². The van der Waals surface area contributed by atoms with Crippen molar-refractivity contribution in [1.29, 1.82) is 5.26 Å². The van der Waals surface area contributed by atoms with E-state index in [0.29, 0.717) is 5.71 Å². The quantitative estimate of drug-likeness (QED) is 0.742. The molecule has 0 spiro atoms. The Balaban J connectivity index is 2.34. The molecule has 18 heavy (non-hydrogen) atoms. The summed E-state index contributed by atoms with van der Waals surface area (Å²) in [7, 11) is 0. The summed E-state index contributed by atoms with van der Waals surface area (Å²) in [6.07, 6.45) is 0.998. The molecule has 2 heteroatoms. The van der Waals surface area contributed by atoms with Gasteiger partial charge in [-0.15, -0.1) is 0 Å². The third-order valence-electron chi connectivity index (χ3n) is 2.74. The van der Waals surface area contributed by atoms with E-state index in [2.05, 4.69) is 18.0 Å². The van der Waals surface area contributed by atoms with E-state index in [9.17, 15) is 5.26 Å².